The summed E-state index contributed by atoms with van der Waals surface area (Å²) in [5.74, 6) is 0.245. The summed E-state index contributed by atoms with van der Waals surface area (Å²) in [6, 6.07) is 6.90. The lowest BCUT2D eigenvalue weighted by molar-refractivity contribution is 0.441. The van der Waals surface area contributed by atoms with E-state index in [1.807, 2.05) is 0 Å². The molecular formula is C12H18ClNO. The first-order chi connectivity index (χ1) is 7.18. The molecule has 1 fully saturated rings. The smallest absolute Gasteiger partial charge is 0.115 e. The number of aromatic hydroxyl groups is 1. The van der Waals surface area contributed by atoms with Crippen molar-refractivity contribution in [2.45, 2.75) is 38.1 Å². The highest BCUT2D eigenvalue weighted by Crippen LogP contribution is 2.14. The topological polar surface area (TPSA) is 46.2 Å². The fourth-order valence-electron chi connectivity index (χ4n) is 1.58. The summed E-state index contributed by atoms with van der Waals surface area (Å²) in [4.78, 5) is 0. The Morgan fingerprint density at radius 1 is 1.07 bits per heavy atom. The van der Waals surface area contributed by atoms with Crippen molar-refractivity contribution in [1.29, 1.82) is 0 Å². The van der Waals surface area contributed by atoms with E-state index >= 15 is 0 Å². The van der Waals surface area contributed by atoms with Crippen LogP contribution in [0.4, 0.5) is 0 Å². The van der Waals surface area contributed by atoms with Crippen LogP contribution in [0.1, 0.15) is 32.1 Å². The molecule has 0 aromatic heterocycles. The van der Waals surface area contributed by atoms with Gasteiger partial charge in [-0.1, -0.05) is 30.9 Å². The van der Waals surface area contributed by atoms with Crippen LogP contribution in [0.15, 0.2) is 24.3 Å². The van der Waals surface area contributed by atoms with E-state index in [4.69, 9.17) is 22.4 Å². The Kier molecular flexibility index (Phi) is 5.51. The maximum absolute atomic E-state index is 8.70. The Hall–Kier alpha value is -0.730. The van der Waals surface area contributed by atoms with Crippen molar-refractivity contribution in [3.8, 4) is 5.75 Å². The van der Waals surface area contributed by atoms with Crippen LogP contribution in [0.3, 0.4) is 0 Å². The molecule has 84 valence electrons. The maximum atomic E-state index is 8.70. The van der Waals surface area contributed by atoms with Crippen molar-refractivity contribution >= 4 is 11.6 Å². The molecule has 15 heavy (non-hydrogen) atoms. The average molecular weight is 228 g/mol. The van der Waals surface area contributed by atoms with Gasteiger partial charge >= 0.3 is 0 Å². The monoisotopic (exact) mass is 227 g/mol. The minimum absolute atomic E-state index is 0.245. The zero-order valence-corrected chi connectivity index (χ0v) is 9.58. The minimum Gasteiger partial charge on any atom is -0.508 e. The normalized spacial score (nSPS) is 16.7. The first kappa shape index (κ1) is 12.3. The van der Waals surface area contributed by atoms with Gasteiger partial charge in [-0.15, -0.1) is 0 Å². The molecule has 2 rings (SSSR count). The number of rotatable bonds is 0. The van der Waals surface area contributed by atoms with Gasteiger partial charge in [-0.05, 0) is 37.1 Å². The van der Waals surface area contributed by atoms with Crippen molar-refractivity contribution in [2.75, 3.05) is 0 Å². The summed E-state index contributed by atoms with van der Waals surface area (Å²) in [7, 11) is 0. The Morgan fingerprint density at radius 3 is 1.93 bits per heavy atom. The predicted octanol–water partition coefficient (Wildman–Crippen LogP) is 3.32. The molecule has 0 heterocycles. The van der Waals surface area contributed by atoms with Gasteiger partial charge in [0.05, 0.1) is 0 Å². The van der Waals surface area contributed by atoms with Gasteiger partial charge in [0.1, 0.15) is 5.75 Å². The van der Waals surface area contributed by atoms with Crippen LogP contribution < -0.4 is 5.73 Å². The van der Waals surface area contributed by atoms with Crippen LogP contribution >= 0.6 is 11.6 Å². The number of benzene rings is 1. The Labute approximate surface area is 96.1 Å². The van der Waals surface area contributed by atoms with Gasteiger partial charge in [-0.2, -0.15) is 0 Å². The zero-order valence-electron chi connectivity index (χ0n) is 8.82. The van der Waals surface area contributed by atoms with Crippen LogP contribution in [0, 0.1) is 0 Å². The molecule has 0 saturated heterocycles. The standard InChI is InChI=1S/C6H5ClO.C6H13N/c7-5-1-3-6(8)4-2-5;7-6-4-2-1-3-5-6/h1-4,8H;6H,1-5,7H2. The molecule has 3 heteroatoms. The van der Waals surface area contributed by atoms with Gasteiger partial charge in [-0.3, -0.25) is 0 Å². The SMILES string of the molecule is NC1CCCCC1.Oc1ccc(Cl)cc1. The lowest BCUT2D eigenvalue weighted by Gasteiger charge is -2.15. The number of hydrogen-bond acceptors (Lipinski definition) is 2. The van der Waals surface area contributed by atoms with Gasteiger partial charge in [-0.25, -0.2) is 0 Å². The van der Waals surface area contributed by atoms with E-state index in [0.717, 1.165) is 0 Å². The summed E-state index contributed by atoms with van der Waals surface area (Å²) in [5.41, 5.74) is 5.63. The number of nitrogens with two attached hydrogens (primary N) is 1. The van der Waals surface area contributed by atoms with Crippen LogP contribution in [-0.4, -0.2) is 11.1 Å². The lowest BCUT2D eigenvalue weighted by atomic mass is 9.97. The molecule has 1 aromatic rings. The molecular weight excluding hydrogens is 210 g/mol. The molecule has 0 radical (unpaired) electrons. The van der Waals surface area contributed by atoms with E-state index in [-0.39, 0.29) is 5.75 Å². The first-order valence-electron chi connectivity index (χ1n) is 5.38. The van der Waals surface area contributed by atoms with Crippen LogP contribution in [0.2, 0.25) is 5.02 Å². The van der Waals surface area contributed by atoms with Crippen LogP contribution in [0.25, 0.3) is 0 Å². The highest BCUT2D eigenvalue weighted by atomic mass is 35.5. The molecule has 0 amide bonds. The van der Waals surface area contributed by atoms with Gasteiger partial charge in [0.25, 0.3) is 0 Å². The summed E-state index contributed by atoms with van der Waals surface area (Å²) < 4.78 is 0. The van der Waals surface area contributed by atoms with Crippen molar-refractivity contribution in [3.05, 3.63) is 29.3 Å². The van der Waals surface area contributed by atoms with E-state index in [1.165, 1.54) is 32.1 Å². The fraction of sp³-hybridized carbons (Fsp3) is 0.500. The van der Waals surface area contributed by atoms with E-state index in [1.54, 1.807) is 24.3 Å². The zero-order chi connectivity index (χ0) is 11.1. The van der Waals surface area contributed by atoms with E-state index < -0.39 is 0 Å². The summed E-state index contributed by atoms with van der Waals surface area (Å²) >= 11 is 5.50. The largest absolute Gasteiger partial charge is 0.508 e. The van der Waals surface area contributed by atoms with Gasteiger partial charge < -0.3 is 10.8 Å². The van der Waals surface area contributed by atoms with Crippen LogP contribution in [0.5, 0.6) is 5.75 Å². The summed E-state index contributed by atoms with van der Waals surface area (Å²) in [6.45, 7) is 0. The number of hydrogen-bond donors (Lipinski definition) is 2. The van der Waals surface area contributed by atoms with Gasteiger partial charge in [0.2, 0.25) is 0 Å². The predicted molar refractivity (Wildman–Crippen MR) is 64.2 cm³/mol. The number of phenolic OH excluding ortho intramolecular Hbond substituents is 1. The summed E-state index contributed by atoms with van der Waals surface area (Å²) in [5, 5.41) is 9.34. The van der Waals surface area contributed by atoms with E-state index in [0.29, 0.717) is 11.1 Å². The highest BCUT2D eigenvalue weighted by Gasteiger charge is 2.06. The third kappa shape index (κ3) is 5.65. The molecule has 0 unspecified atom stereocenters. The van der Waals surface area contributed by atoms with Crippen molar-refractivity contribution in [3.63, 3.8) is 0 Å². The van der Waals surface area contributed by atoms with Gasteiger partial charge in [0, 0.05) is 11.1 Å². The van der Waals surface area contributed by atoms with Crippen molar-refractivity contribution < 1.29 is 5.11 Å². The van der Waals surface area contributed by atoms with Gasteiger partial charge in [0.15, 0.2) is 0 Å². The molecule has 1 aromatic carbocycles. The molecule has 3 N–H and O–H groups in total. The first-order valence-corrected chi connectivity index (χ1v) is 5.76. The Morgan fingerprint density at radius 2 is 1.60 bits per heavy atom. The average Bonchev–Trinajstić information content (AvgIpc) is 2.25. The van der Waals surface area contributed by atoms with Crippen molar-refractivity contribution in [2.24, 2.45) is 5.73 Å². The minimum atomic E-state index is 0.245. The van der Waals surface area contributed by atoms with Crippen molar-refractivity contribution in [1.82, 2.24) is 0 Å². The molecule has 1 saturated carbocycles. The molecule has 0 aliphatic heterocycles. The Balaban J connectivity index is 0.000000151. The molecule has 0 spiro atoms. The Bertz CT molecular complexity index is 246. The lowest BCUT2D eigenvalue weighted by Crippen LogP contribution is -2.22. The second-order valence-electron chi connectivity index (χ2n) is 3.87. The molecule has 2 nitrogen and oxygen atoms in total. The second-order valence-corrected chi connectivity index (χ2v) is 4.31. The summed E-state index contributed by atoms with van der Waals surface area (Å²) in [6.07, 6.45) is 6.66. The molecule has 0 bridgehead atoms. The highest BCUT2D eigenvalue weighted by molar-refractivity contribution is 6.30. The van der Waals surface area contributed by atoms with E-state index in [2.05, 4.69) is 0 Å². The quantitative estimate of drug-likeness (QED) is 0.714. The van der Waals surface area contributed by atoms with E-state index in [9.17, 15) is 0 Å². The third-order valence-corrected chi connectivity index (χ3v) is 2.73. The number of phenols is 1. The molecule has 1 aliphatic rings. The second kappa shape index (κ2) is 6.70. The molecule has 1 aliphatic carbocycles. The maximum Gasteiger partial charge on any atom is 0.115 e. The fourth-order valence-corrected chi connectivity index (χ4v) is 1.70. The molecule has 0 atom stereocenters. The third-order valence-electron chi connectivity index (χ3n) is 2.48. The number of halogens is 1. The van der Waals surface area contributed by atoms with Crippen LogP contribution in [-0.2, 0) is 0 Å².